The van der Waals surface area contributed by atoms with E-state index in [0.29, 0.717) is 36.5 Å². The Kier molecular flexibility index (Phi) is 8.84. The average molecular weight is 462 g/mol. The van der Waals surface area contributed by atoms with E-state index in [1.807, 2.05) is 10.9 Å². The van der Waals surface area contributed by atoms with Gasteiger partial charge in [-0.2, -0.15) is 9.40 Å². The number of benzene rings is 1. The van der Waals surface area contributed by atoms with Crippen LogP contribution >= 0.6 is 0 Å². The Balaban J connectivity index is 1.47. The largest absolute Gasteiger partial charge is 0.323 e. The molecule has 1 aliphatic heterocycles. The maximum absolute atomic E-state index is 12.7. The molecule has 0 radical (unpaired) electrons. The number of hydrogen-bond acceptors (Lipinski definition) is 5. The predicted molar refractivity (Wildman–Crippen MR) is 126 cm³/mol. The Morgan fingerprint density at radius 1 is 1.09 bits per heavy atom. The van der Waals surface area contributed by atoms with Crippen molar-refractivity contribution < 1.29 is 13.2 Å². The van der Waals surface area contributed by atoms with Gasteiger partial charge in [-0.25, -0.2) is 8.42 Å². The molecule has 1 fully saturated rings. The highest BCUT2D eigenvalue weighted by Gasteiger charge is 2.25. The zero-order chi connectivity index (χ0) is 23.0. The number of aryl methyl sites for hydroxylation is 1. The van der Waals surface area contributed by atoms with E-state index < -0.39 is 10.0 Å². The minimum Gasteiger partial charge on any atom is -0.323 e. The molecule has 0 spiro atoms. The number of amides is 1. The van der Waals surface area contributed by atoms with Crippen molar-refractivity contribution in [1.82, 2.24) is 19.0 Å². The summed E-state index contributed by atoms with van der Waals surface area (Å²) in [5.74, 6) is -0.0849. The maximum Gasteiger partial charge on any atom is 0.243 e. The number of nitrogens with zero attached hydrogens (tertiary/aromatic N) is 4. The van der Waals surface area contributed by atoms with Crippen LogP contribution in [0.25, 0.3) is 0 Å². The van der Waals surface area contributed by atoms with Crippen LogP contribution < -0.4 is 5.32 Å². The van der Waals surface area contributed by atoms with Gasteiger partial charge in [-0.15, -0.1) is 0 Å². The Morgan fingerprint density at radius 2 is 1.78 bits per heavy atom. The second kappa shape index (κ2) is 11.6. The summed E-state index contributed by atoms with van der Waals surface area (Å²) in [5, 5.41) is 7.20. The summed E-state index contributed by atoms with van der Waals surface area (Å²) in [7, 11) is -3.42. The molecule has 2 aromatic rings. The number of sulfonamides is 1. The summed E-state index contributed by atoms with van der Waals surface area (Å²) < 4.78 is 28.9. The van der Waals surface area contributed by atoms with E-state index >= 15 is 0 Å². The summed E-state index contributed by atoms with van der Waals surface area (Å²) in [4.78, 5) is 15.0. The van der Waals surface area contributed by atoms with Crippen molar-refractivity contribution in [2.24, 2.45) is 0 Å². The highest BCUT2D eigenvalue weighted by molar-refractivity contribution is 7.89. The number of carbonyl (C=O) groups excluding carboxylic acids is 1. The second-order valence-electron chi connectivity index (χ2n) is 8.18. The van der Waals surface area contributed by atoms with E-state index in [0.717, 1.165) is 51.0 Å². The SMILES string of the molecule is CCN(CC)CCn1cc(NC(=O)CCc2ccc(S(=O)(=O)N3CCCCC3)cc2)cn1. The van der Waals surface area contributed by atoms with Gasteiger partial charge in [0.2, 0.25) is 15.9 Å². The highest BCUT2D eigenvalue weighted by Crippen LogP contribution is 2.21. The zero-order valence-corrected chi connectivity index (χ0v) is 20.0. The van der Waals surface area contributed by atoms with Gasteiger partial charge in [-0.1, -0.05) is 32.4 Å². The number of carbonyl (C=O) groups is 1. The normalized spacial score (nSPS) is 15.2. The number of anilines is 1. The first kappa shape index (κ1) is 24.4. The first-order valence-corrected chi connectivity index (χ1v) is 13.0. The third-order valence-electron chi connectivity index (χ3n) is 5.97. The molecule has 9 heteroatoms. The van der Waals surface area contributed by atoms with Crippen LogP contribution in [0.5, 0.6) is 0 Å². The highest BCUT2D eigenvalue weighted by atomic mass is 32.2. The van der Waals surface area contributed by atoms with Crippen molar-refractivity contribution in [3.63, 3.8) is 0 Å². The van der Waals surface area contributed by atoms with E-state index in [2.05, 4.69) is 29.2 Å². The van der Waals surface area contributed by atoms with Crippen LogP contribution in [-0.2, 0) is 27.8 Å². The molecule has 0 unspecified atom stereocenters. The fraction of sp³-hybridized carbons (Fsp3) is 0.565. The van der Waals surface area contributed by atoms with E-state index in [1.54, 1.807) is 34.8 Å². The first-order valence-electron chi connectivity index (χ1n) is 11.6. The second-order valence-corrected chi connectivity index (χ2v) is 10.1. The van der Waals surface area contributed by atoms with E-state index in [4.69, 9.17) is 0 Å². The van der Waals surface area contributed by atoms with Crippen molar-refractivity contribution in [1.29, 1.82) is 0 Å². The molecule has 0 atom stereocenters. The first-order chi connectivity index (χ1) is 15.4. The molecule has 0 aliphatic carbocycles. The summed E-state index contributed by atoms with van der Waals surface area (Å²) >= 11 is 0. The van der Waals surface area contributed by atoms with Crippen LogP contribution in [0, 0.1) is 0 Å². The standard InChI is InChI=1S/C23H35N5O3S/c1-3-26(4-2)16-17-27-19-21(18-24-27)25-23(29)13-10-20-8-11-22(12-9-20)32(30,31)28-14-6-5-7-15-28/h8-9,11-12,18-19H,3-7,10,13-17H2,1-2H3,(H,25,29). The third-order valence-corrected chi connectivity index (χ3v) is 7.89. The Labute approximate surface area is 191 Å². The van der Waals surface area contributed by atoms with Crippen molar-refractivity contribution in [3.05, 3.63) is 42.2 Å². The number of piperidine rings is 1. The number of aromatic nitrogens is 2. The predicted octanol–water partition coefficient (Wildman–Crippen LogP) is 2.97. The quantitative estimate of drug-likeness (QED) is 0.556. The number of likely N-dealkylation sites (N-methyl/N-ethyl adjacent to an activating group) is 1. The average Bonchev–Trinajstić information content (AvgIpc) is 3.26. The van der Waals surface area contributed by atoms with E-state index in [-0.39, 0.29) is 5.91 Å². The molecule has 2 heterocycles. The van der Waals surface area contributed by atoms with Gasteiger partial charge >= 0.3 is 0 Å². The molecule has 1 amide bonds. The molecule has 3 rings (SSSR count). The topological polar surface area (TPSA) is 87.5 Å². The maximum atomic E-state index is 12.7. The lowest BCUT2D eigenvalue weighted by Crippen LogP contribution is -2.35. The molecule has 1 aromatic heterocycles. The molecular weight excluding hydrogens is 426 g/mol. The van der Waals surface area contributed by atoms with Gasteiger partial charge in [0.25, 0.3) is 0 Å². The van der Waals surface area contributed by atoms with Gasteiger partial charge in [0.05, 0.1) is 23.3 Å². The van der Waals surface area contributed by atoms with Crippen LogP contribution in [0.15, 0.2) is 41.6 Å². The lowest BCUT2D eigenvalue weighted by Gasteiger charge is -2.25. The monoisotopic (exact) mass is 461 g/mol. The Bertz CT molecular complexity index is 962. The van der Waals surface area contributed by atoms with Gasteiger partial charge in [0.1, 0.15) is 0 Å². The molecule has 8 nitrogen and oxygen atoms in total. The van der Waals surface area contributed by atoms with Gasteiger partial charge in [-0.3, -0.25) is 9.48 Å². The van der Waals surface area contributed by atoms with Crippen LogP contribution in [0.3, 0.4) is 0 Å². The molecule has 176 valence electrons. The van der Waals surface area contributed by atoms with Crippen molar-refractivity contribution in [2.75, 3.05) is 38.0 Å². The fourth-order valence-electron chi connectivity index (χ4n) is 3.90. The van der Waals surface area contributed by atoms with Crippen LogP contribution in [-0.4, -0.2) is 66.0 Å². The van der Waals surface area contributed by atoms with Crippen molar-refractivity contribution in [3.8, 4) is 0 Å². The van der Waals surface area contributed by atoms with Crippen molar-refractivity contribution in [2.45, 2.75) is 57.4 Å². The summed E-state index contributed by atoms with van der Waals surface area (Å²) in [6, 6.07) is 6.90. The van der Waals surface area contributed by atoms with E-state index in [9.17, 15) is 13.2 Å². The third kappa shape index (κ3) is 6.63. The smallest absolute Gasteiger partial charge is 0.243 e. The lowest BCUT2D eigenvalue weighted by atomic mass is 10.1. The number of rotatable bonds is 11. The summed E-state index contributed by atoms with van der Waals surface area (Å²) in [6.07, 6.45) is 7.31. The summed E-state index contributed by atoms with van der Waals surface area (Å²) in [6.45, 7) is 9.18. The van der Waals surface area contributed by atoms with Gasteiger partial charge in [0, 0.05) is 32.3 Å². The molecule has 0 saturated carbocycles. The minimum absolute atomic E-state index is 0.0849. The van der Waals surface area contributed by atoms with Crippen LogP contribution in [0.1, 0.15) is 45.1 Å². The molecule has 1 saturated heterocycles. The van der Waals surface area contributed by atoms with Crippen LogP contribution in [0.4, 0.5) is 5.69 Å². The molecule has 1 N–H and O–H groups in total. The molecule has 1 aromatic carbocycles. The minimum atomic E-state index is -3.42. The Morgan fingerprint density at radius 3 is 2.44 bits per heavy atom. The molecular formula is C23H35N5O3S. The fourth-order valence-corrected chi connectivity index (χ4v) is 5.41. The number of nitrogens with one attached hydrogen (secondary N) is 1. The van der Waals surface area contributed by atoms with Crippen LogP contribution in [0.2, 0.25) is 0 Å². The summed E-state index contributed by atoms with van der Waals surface area (Å²) in [5.41, 5.74) is 1.63. The molecule has 0 bridgehead atoms. The Hall–Kier alpha value is -2.23. The molecule has 32 heavy (non-hydrogen) atoms. The van der Waals surface area contributed by atoms with E-state index in [1.165, 1.54) is 0 Å². The van der Waals surface area contributed by atoms with Crippen molar-refractivity contribution >= 4 is 21.6 Å². The van der Waals surface area contributed by atoms with Gasteiger partial charge < -0.3 is 10.2 Å². The zero-order valence-electron chi connectivity index (χ0n) is 19.2. The van der Waals surface area contributed by atoms with Gasteiger partial charge in [0.15, 0.2) is 0 Å². The van der Waals surface area contributed by atoms with Gasteiger partial charge in [-0.05, 0) is 50.0 Å². The molecule has 1 aliphatic rings. The lowest BCUT2D eigenvalue weighted by molar-refractivity contribution is -0.116. The number of hydrogen-bond donors (Lipinski definition) is 1.